The summed E-state index contributed by atoms with van der Waals surface area (Å²) in [5.74, 6) is -1.06. The number of rotatable bonds is 6. The number of ether oxygens (including phenoxy) is 1. The summed E-state index contributed by atoms with van der Waals surface area (Å²) in [5.41, 5.74) is 0.187. The Balaban J connectivity index is 1.71. The molecule has 0 radical (unpaired) electrons. The highest BCUT2D eigenvalue weighted by atomic mass is 19.4. The number of esters is 1. The van der Waals surface area contributed by atoms with Crippen LogP contribution >= 0.6 is 0 Å². The van der Waals surface area contributed by atoms with Gasteiger partial charge in [-0.1, -0.05) is 18.2 Å². The van der Waals surface area contributed by atoms with Crippen LogP contribution in [0.25, 0.3) is 5.82 Å². The van der Waals surface area contributed by atoms with Gasteiger partial charge in [-0.25, -0.2) is 14.5 Å². The van der Waals surface area contributed by atoms with E-state index in [4.69, 9.17) is 4.74 Å². The molecule has 0 aliphatic rings. The molecule has 0 saturated carbocycles. The van der Waals surface area contributed by atoms with Crippen molar-refractivity contribution in [2.24, 2.45) is 0 Å². The third-order valence-corrected chi connectivity index (χ3v) is 4.67. The number of anilines is 1. The lowest BCUT2D eigenvalue weighted by molar-refractivity contribution is -0.137. The Hall–Kier alpha value is -3.69. The predicted octanol–water partition coefficient (Wildman–Crippen LogP) is 4.19. The number of hydrogen-bond donors (Lipinski definition) is 0. The SMILES string of the molecule is Cc1c(C(=O)OCC(=O)N(c2ccccc2)C(C)C)cnn1-c1ccc(C(F)(F)F)cn1. The molecule has 168 valence electrons. The Labute approximate surface area is 182 Å². The normalized spacial score (nSPS) is 11.5. The van der Waals surface area contributed by atoms with E-state index in [0.717, 1.165) is 12.1 Å². The van der Waals surface area contributed by atoms with Gasteiger partial charge in [-0.05, 0) is 45.0 Å². The van der Waals surface area contributed by atoms with E-state index in [2.05, 4.69) is 10.1 Å². The molecular weight excluding hydrogens is 425 g/mol. The molecule has 3 aromatic rings. The summed E-state index contributed by atoms with van der Waals surface area (Å²) in [6.45, 7) is 4.76. The maximum atomic E-state index is 12.7. The Kier molecular flexibility index (Phi) is 6.61. The fourth-order valence-electron chi connectivity index (χ4n) is 3.11. The fourth-order valence-corrected chi connectivity index (χ4v) is 3.11. The molecule has 0 saturated heterocycles. The molecule has 0 fully saturated rings. The second-order valence-corrected chi connectivity index (χ2v) is 7.23. The van der Waals surface area contributed by atoms with Crippen LogP contribution in [0.1, 0.15) is 35.5 Å². The first-order valence-electron chi connectivity index (χ1n) is 9.72. The number of carbonyl (C=O) groups is 2. The lowest BCUT2D eigenvalue weighted by Gasteiger charge is -2.26. The van der Waals surface area contributed by atoms with Crippen LogP contribution in [-0.2, 0) is 15.7 Å². The van der Waals surface area contributed by atoms with Gasteiger partial charge in [-0.15, -0.1) is 0 Å². The van der Waals surface area contributed by atoms with Gasteiger partial charge in [0.2, 0.25) is 0 Å². The smallest absolute Gasteiger partial charge is 0.417 e. The molecule has 1 amide bonds. The maximum Gasteiger partial charge on any atom is 0.417 e. The average molecular weight is 446 g/mol. The zero-order valence-electron chi connectivity index (χ0n) is 17.6. The summed E-state index contributed by atoms with van der Waals surface area (Å²) in [4.78, 5) is 30.5. The number of alkyl halides is 3. The van der Waals surface area contributed by atoms with Crippen molar-refractivity contribution in [3.8, 4) is 5.82 Å². The fraction of sp³-hybridized carbons (Fsp3) is 0.273. The summed E-state index contributed by atoms with van der Waals surface area (Å²) in [5, 5.41) is 4.01. The second kappa shape index (κ2) is 9.21. The van der Waals surface area contributed by atoms with Crippen molar-refractivity contribution in [3.05, 3.63) is 71.7 Å². The number of aromatic nitrogens is 3. The first-order valence-corrected chi connectivity index (χ1v) is 9.72. The van der Waals surface area contributed by atoms with Crippen molar-refractivity contribution in [3.63, 3.8) is 0 Å². The molecule has 7 nitrogen and oxygen atoms in total. The number of carbonyl (C=O) groups excluding carboxylic acids is 2. The molecule has 2 heterocycles. The Bertz CT molecular complexity index is 1090. The Morgan fingerprint density at radius 3 is 2.34 bits per heavy atom. The highest BCUT2D eigenvalue weighted by Crippen LogP contribution is 2.29. The molecule has 10 heteroatoms. The molecule has 0 unspecified atom stereocenters. The first kappa shape index (κ1) is 23.0. The number of hydrogen-bond acceptors (Lipinski definition) is 5. The lowest BCUT2D eigenvalue weighted by atomic mass is 10.2. The molecule has 0 aliphatic carbocycles. The van der Waals surface area contributed by atoms with Gasteiger partial charge in [-0.3, -0.25) is 4.79 Å². The van der Waals surface area contributed by atoms with Crippen molar-refractivity contribution >= 4 is 17.6 Å². The molecule has 0 bridgehead atoms. The van der Waals surface area contributed by atoms with Crippen LogP contribution in [0, 0.1) is 6.92 Å². The van der Waals surface area contributed by atoms with Gasteiger partial charge >= 0.3 is 12.1 Å². The zero-order valence-corrected chi connectivity index (χ0v) is 17.6. The molecule has 32 heavy (non-hydrogen) atoms. The zero-order chi connectivity index (χ0) is 23.5. The van der Waals surface area contributed by atoms with Gasteiger partial charge in [0, 0.05) is 17.9 Å². The standard InChI is InChI=1S/C22H21F3N4O3/c1-14(2)28(17-7-5-4-6-8-17)20(30)13-32-21(31)18-12-27-29(15(18)3)19-10-9-16(11-26-19)22(23,24)25/h4-12,14H,13H2,1-3H3. The molecule has 0 N–H and O–H groups in total. The number of pyridine rings is 1. The minimum absolute atomic E-state index is 0.0790. The number of benzene rings is 1. The summed E-state index contributed by atoms with van der Waals surface area (Å²) in [6, 6.07) is 10.9. The van der Waals surface area contributed by atoms with E-state index in [0.29, 0.717) is 17.6 Å². The molecule has 2 aromatic heterocycles. The minimum Gasteiger partial charge on any atom is -0.452 e. The van der Waals surface area contributed by atoms with Crippen molar-refractivity contribution in [1.82, 2.24) is 14.8 Å². The van der Waals surface area contributed by atoms with Gasteiger partial charge in [0.05, 0.1) is 17.5 Å². The van der Waals surface area contributed by atoms with Crippen molar-refractivity contribution in [1.29, 1.82) is 0 Å². The number of amides is 1. The third-order valence-electron chi connectivity index (χ3n) is 4.67. The van der Waals surface area contributed by atoms with E-state index in [1.54, 1.807) is 31.2 Å². The summed E-state index contributed by atoms with van der Waals surface area (Å²) < 4.78 is 44.6. The van der Waals surface area contributed by atoms with Gasteiger partial charge in [0.15, 0.2) is 12.4 Å². The second-order valence-electron chi connectivity index (χ2n) is 7.23. The lowest BCUT2D eigenvalue weighted by Crippen LogP contribution is -2.39. The van der Waals surface area contributed by atoms with Gasteiger partial charge in [0.25, 0.3) is 5.91 Å². The van der Waals surface area contributed by atoms with Gasteiger partial charge in [-0.2, -0.15) is 18.3 Å². The van der Waals surface area contributed by atoms with E-state index in [9.17, 15) is 22.8 Å². The molecule has 3 rings (SSSR count). The summed E-state index contributed by atoms with van der Waals surface area (Å²) >= 11 is 0. The highest BCUT2D eigenvalue weighted by molar-refractivity contribution is 5.97. The molecular formula is C22H21F3N4O3. The minimum atomic E-state index is -4.50. The van der Waals surface area contributed by atoms with Gasteiger partial charge < -0.3 is 9.64 Å². The molecule has 0 spiro atoms. The number of halogens is 3. The van der Waals surface area contributed by atoms with Gasteiger partial charge in [0.1, 0.15) is 5.56 Å². The van der Waals surface area contributed by atoms with Crippen LogP contribution in [0.15, 0.2) is 54.9 Å². The van der Waals surface area contributed by atoms with E-state index in [1.165, 1.54) is 15.8 Å². The van der Waals surface area contributed by atoms with E-state index >= 15 is 0 Å². The third kappa shape index (κ3) is 4.96. The van der Waals surface area contributed by atoms with Crippen LogP contribution in [0.5, 0.6) is 0 Å². The number of nitrogens with zero attached hydrogens (tertiary/aromatic N) is 4. The van der Waals surface area contributed by atoms with Crippen molar-refractivity contribution in [2.75, 3.05) is 11.5 Å². The Morgan fingerprint density at radius 1 is 1.09 bits per heavy atom. The van der Waals surface area contributed by atoms with Crippen LogP contribution in [0.4, 0.5) is 18.9 Å². The van der Waals surface area contributed by atoms with E-state index in [1.807, 2.05) is 19.9 Å². The average Bonchev–Trinajstić information content (AvgIpc) is 3.13. The highest BCUT2D eigenvalue weighted by Gasteiger charge is 2.31. The van der Waals surface area contributed by atoms with Crippen LogP contribution in [-0.4, -0.2) is 39.3 Å². The van der Waals surface area contributed by atoms with Crippen LogP contribution < -0.4 is 4.90 Å². The quantitative estimate of drug-likeness (QED) is 0.531. The van der Waals surface area contributed by atoms with E-state index < -0.39 is 30.2 Å². The van der Waals surface area contributed by atoms with Crippen LogP contribution in [0.2, 0.25) is 0 Å². The molecule has 0 atom stereocenters. The molecule has 0 aliphatic heterocycles. The van der Waals surface area contributed by atoms with Crippen LogP contribution in [0.3, 0.4) is 0 Å². The Morgan fingerprint density at radius 2 is 1.78 bits per heavy atom. The number of para-hydroxylation sites is 1. The predicted molar refractivity (Wildman–Crippen MR) is 110 cm³/mol. The van der Waals surface area contributed by atoms with Crippen molar-refractivity contribution < 1.29 is 27.5 Å². The first-order chi connectivity index (χ1) is 15.1. The maximum absolute atomic E-state index is 12.7. The topological polar surface area (TPSA) is 77.3 Å². The summed E-state index contributed by atoms with van der Waals surface area (Å²) in [7, 11) is 0. The van der Waals surface area contributed by atoms with E-state index in [-0.39, 0.29) is 17.4 Å². The largest absolute Gasteiger partial charge is 0.452 e. The molecule has 1 aromatic carbocycles. The summed E-state index contributed by atoms with van der Waals surface area (Å²) in [6.07, 6.45) is -2.59. The van der Waals surface area contributed by atoms with Crippen molar-refractivity contribution in [2.45, 2.75) is 33.0 Å². The monoisotopic (exact) mass is 446 g/mol.